The van der Waals surface area contributed by atoms with Gasteiger partial charge in [0.05, 0.1) is 0 Å². The van der Waals surface area contributed by atoms with Crippen LogP contribution in [0.1, 0.15) is 77.0 Å². The standard InChI is InChI=1S/C27H63O9Si4/c1-28-38(29-2,30-3)25-19-13-10-16-22-37(23-17-11-14-20-26-39(31-4,32-5)33-6)24-18-12-15-21-27-40(34-7,35-8)36-9/h10-27H2,1-9H3. The van der Waals surface area contributed by atoms with E-state index in [-0.39, 0.29) is 8.80 Å². The highest BCUT2D eigenvalue weighted by molar-refractivity contribution is 6.61. The van der Waals surface area contributed by atoms with Gasteiger partial charge in [-0.15, -0.1) is 0 Å². The Balaban J connectivity index is 4.49. The Labute approximate surface area is 251 Å². The van der Waals surface area contributed by atoms with Crippen LogP contribution in [-0.4, -0.2) is 99.2 Å². The van der Waals surface area contributed by atoms with Crippen LogP contribution in [-0.2, 0) is 39.8 Å². The summed E-state index contributed by atoms with van der Waals surface area (Å²) < 4.78 is 50.1. The summed E-state index contributed by atoms with van der Waals surface area (Å²) in [5.41, 5.74) is 0. The minimum atomic E-state index is -2.43. The lowest BCUT2D eigenvalue weighted by atomic mass is 10.2. The van der Waals surface area contributed by atoms with Crippen molar-refractivity contribution in [3.63, 3.8) is 0 Å². The zero-order chi connectivity index (χ0) is 30.2. The van der Waals surface area contributed by atoms with Crippen LogP contribution in [0.4, 0.5) is 0 Å². The van der Waals surface area contributed by atoms with Gasteiger partial charge in [-0.25, -0.2) is 0 Å². The smallest absolute Gasteiger partial charge is 0.377 e. The SMILES string of the molecule is CO[Si](CCCCCC[Si](CCCCCC[Si](OC)(OC)OC)CCCCCC[Si](OC)(OC)OC)(OC)OC. The Morgan fingerprint density at radius 1 is 0.300 bits per heavy atom. The second kappa shape index (κ2) is 24.9. The molecule has 241 valence electrons. The van der Waals surface area contributed by atoms with E-state index in [4.69, 9.17) is 39.8 Å². The lowest BCUT2D eigenvalue weighted by molar-refractivity contribution is 0.122. The van der Waals surface area contributed by atoms with Crippen LogP contribution in [0.15, 0.2) is 0 Å². The minimum absolute atomic E-state index is 0.327. The predicted molar refractivity (Wildman–Crippen MR) is 170 cm³/mol. The van der Waals surface area contributed by atoms with Crippen LogP contribution >= 0.6 is 0 Å². The van der Waals surface area contributed by atoms with Crippen LogP contribution in [0.2, 0.25) is 36.3 Å². The molecule has 0 aliphatic heterocycles. The van der Waals surface area contributed by atoms with E-state index in [1.807, 2.05) is 0 Å². The van der Waals surface area contributed by atoms with Gasteiger partial charge in [0.2, 0.25) is 0 Å². The second-order valence-electron chi connectivity index (χ2n) is 10.4. The largest absolute Gasteiger partial charge is 0.500 e. The van der Waals surface area contributed by atoms with Crippen LogP contribution in [0.3, 0.4) is 0 Å². The molecule has 0 saturated heterocycles. The molecule has 0 atom stereocenters. The second-order valence-corrected chi connectivity index (χ2v) is 22.7. The molecule has 0 rings (SSSR count). The van der Waals surface area contributed by atoms with Crippen LogP contribution < -0.4 is 0 Å². The molecule has 1 radical (unpaired) electrons. The van der Waals surface area contributed by atoms with Crippen molar-refractivity contribution in [3.8, 4) is 0 Å². The maximum Gasteiger partial charge on any atom is 0.500 e. The molecule has 0 fully saturated rings. The number of unbranched alkanes of at least 4 members (excludes halogenated alkanes) is 9. The van der Waals surface area contributed by atoms with Gasteiger partial charge in [-0.2, -0.15) is 0 Å². The van der Waals surface area contributed by atoms with Crippen molar-refractivity contribution in [2.45, 2.75) is 113 Å². The first-order valence-electron chi connectivity index (χ1n) is 15.1. The molecule has 9 nitrogen and oxygen atoms in total. The number of hydrogen-bond acceptors (Lipinski definition) is 9. The van der Waals surface area contributed by atoms with Crippen molar-refractivity contribution in [2.75, 3.05) is 64.0 Å². The molecule has 0 aromatic heterocycles. The van der Waals surface area contributed by atoms with Crippen molar-refractivity contribution in [1.82, 2.24) is 0 Å². The average Bonchev–Trinajstić information content (AvgIpc) is 3.00. The fourth-order valence-electron chi connectivity index (χ4n) is 5.25. The van der Waals surface area contributed by atoms with E-state index in [1.54, 1.807) is 64.0 Å². The van der Waals surface area contributed by atoms with Gasteiger partial charge in [-0.3, -0.25) is 0 Å². The molecule has 0 N–H and O–H groups in total. The van der Waals surface area contributed by atoms with Gasteiger partial charge in [0.15, 0.2) is 0 Å². The molecule has 40 heavy (non-hydrogen) atoms. The Morgan fingerprint density at radius 3 is 0.700 bits per heavy atom. The molecule has 0 spiro atoms. The molecular formula is C27H63O9Si4. The minimum Gasteiger partial charge on any atom is -0.377 e. The van der Waals surface area contributed by atoms with Crippen LogP contribution in [0.5, 0.6) is 0 Å². The monoisotopic (exact) mass is 643 g/mol. The molecule has 0 bridgehead atoms. The maximum atomic E-state index is 5.56. The summed E-state index contributed by atoms with van der Waals surface area (Å²) in [4.78, 5) is 0. The fourth-order valence-corrected chi connectivity index (χ4v) is 13.6. The van der Waals surface area contributed by atoms with Crippen molar-refractivity contribution >= 4 is 35.2 Å². The third-order valence-electron chi connectivity index (χ3n) is 8.09. The first kappa shape index (κ1) is 40.5. The van der Waals surface area contributed by atoms with E-state index in [0.29, 0.717) is 0 Å². The van der Waals surface area contributed by atoms with Crippen molar-refractivity contribution in [2.24, 2.45) is 0 Å². The molecule has 0 saturated carbocycles. The quantitative estimate of drug-likeness (QED) is 0.0620. The molecular weight excluding hydrogens is 581 g/mol. The lowest BCUT2D eigenvalue weighted by Crippen LogP contribution is -2.42. The summed E-state index contributed by atoms with van der Waals surface area (Å²) in [7, 11) is 7.66. The zero-order valence-electron chi connectivity index (χ0n) is 27.4. The van der Waals surface area contributed by atoms with E-state index >= 15 is 0 Å². The van der Waals surface area contributed by atoms with Crippen LogP contribution in [0.25, 0.3) is 0 Å². The van der Waals surface area contributed by atoms with Gasteiger partial charge in [0.25, 0.3) is 0 Å². The Bertz CT molecular complexity index is 465. The van der Waals surface area contributed by atoms with E-state index < -0.39 is 26.4 Å². The van der Waals surface area contributed by atoms with E-state index in [9.17, 15) is 0 Å². The molecule has 0 aliphatic rings. The lowest BCUT2D eigenvalue weighted by Gasteiger charge is -2.24. The Hall–Kier alpha value is 0.508. The Kier molecular flexibility index (Phi) is 25.2. The molecule has 0 aromatic carbocycles. The third kappa shape index (κ3) is 16.4. The number of rotatable bonds is 30. The van der Waals surface area contributed by atoms with E-state index in [0.717, 1.165) is 37.4 Å². The first-order valence-corrected chi connectivity index (χ1v) is 23.0. The summed E-state index contributed by atoms with van der Waals surface area (Å²) in [6.45, 7) is 0. The van der Waals surface area contributed by atoms with E-state index in [1.165, 1.54) is 75.9 Å². The van der Waals surface area contributed by atoms with Crippen LogP contribution in [0, 0.1) is 0 Å². The highest BCUT2D eigenvalue weighted by Crippen LogP contribution is 2.24. The Morgan fingerprint density at radius 2 is 0.500 bits per heavy atom. The summed E-state index contributed by atoms with van der Waals surface area (Å²) in [5.74, 6) is 0. The normalized spacial score (nSPS) is 13.1. The van der Waals surface area contributed by atoms with Gasteiger partial charge in [-0.1, -0.05) is 75.9 Å². The molecule has 13 heteroatoms. The molecule has 0 aliphatic carbocycles. The van der Waals surface area contributed by atoms with Gasteiger partial charge < -0.3 is 39.8 Å². The molecule has 0 heterocycles. The molecule has 0 aromatic rings. The fraction of sp³-hybridized carbons (Fsp3) is 1.00. The van der Waals surface area contributed by atoms with Gasteiger partial charge in [-0.05, 0) is 19.3 Å². The maximum absolute atomic E-state index is 5.56. The average molecular weight is 644 g/mol. The van der Waals surface area contributed by atoms with Gasteiger partial charge in [0.1, 0.15) is 0 Å². The summed E-state index contributed by atoms with van der Waals surface area (Å²) in [5, 5.41) is 0. The zero-order valence-corrected chi connectivity index (χ0v) is 31.4. The predicted octanol–water partition coefficient (Wildman–Crippen LogP) is 6.80. The van der Waals surface area contributed by atoms with Gasteiger partial charge >= 0.3 is 26.4 Å². The summed E-state index contributed by atoms with van der Waals surface area (Å²) >= 11 is 0. The van der Waals surface area contributed by atoms with E-state index in [2.05, 4.69) is 0 Å². The summed E-state index contributed by atoms with van der Waals surface area (Å²) in [6, 6.07) is 6.96. The highest BCUT2D eigenvalue weighted by atomic mass is 28.4. The van der Waals surface area contributed by atoms with Crippen molar-refractivity contribution in [3.05, 3.63) is 0 Å². The van der Waals surface area contributed by atoms with Crippen molar-refractivity contribution < 1.29 is 39.8 Å². The summed E-state index contributed by atoms with van der Waals surface area (Å²) in [6.07, 6.45) is 14.8. The first-order chi connectivity index (χ1) is 19.3. The number of hydrogen-bond donors (Lipinski definition) is 0. The van der Waals surface area contributed by atoms with Crippen molar-refractivity contribution in [1.29, 1.82) is 0 Å². The third-order valence-corrected chi connectivity index (χ3v) is 19.8. The molecule has 0 amide bonds. The molecule has 0 unspecified atom stereocenters. The highest BCUT2D eigenvalue weighted by Gasteiger charge is 2.38. The topological polar surface area (TPSA) is 83.1 Å². The van der Waals surface area contributed by atoms with Gasteiger partial charge in [0, 0.05) is 90.9 Å².